The van der Waals surface area contributed by atoms with E-state index in [0.29, 0.717) is 5.56 Å². The Labute approximate surface area is 152 Å². The van der Waals surface area contributed by atoms with Crippen molar-refractivity contribution in [3.8, 4) is 11.1 Å². The van der Waals surface area contributed by atoms with Crippen molar-refractivity contribution in [3.05, 3.63) is 83.0 Å². The Morgan fingerprint density at radius 2 is 1.54 bits per heavy atom. The van der Waals surface area contributed by atoms with Gasteiger partial charge in [0.15, 0.2) is 0 Å². The van der Waals surface area contributed by atoms with Crippen LogP contribution >= 0.6 is 11.3 Å². The molecule has 0 radical (unpaired) electrons. The van der Waals surface area contributed by atoms with Crippen LogP contribution in [0.5, 0.6) is 0 Å². The molecular formula is C21H12N2O2S. The lowest BCUT2D eigenvalue weighted by Gasteiger charge is -2.09. The minimum atomic E-state index is -0.417. The highest BCUT2D eigenvalue weighted by atomic mass is 32.1. The molecule has 0 saturated carbocycles. The minimum Gasteiger partial charge on any atom is -0.358 e. The fourth-order valence-electron chi connectivity index (χ4n) is 3.56. The molecule has 4 nitrogen and oxygen atoms in total. The molecule has 0 unspecified atom stereocenters. The number of thiophene rings is 1. The Morgan fingerprint density at radius 3 is 2.35 bits per heavy atom. The molecule has 0 aliphatic carbocycles. The molecule has 0 spiro atoms. The molecule has 0 amide bonds. The first-order valence-corrected chi connectivity index (χ1v) is 8.98. The molecule has 124 valence electrons. The lowest BCUT2D eigenvalue weighted by atomic mass is 9.95. The van der Waals surface area contributed by atoms with Gasteiger partial charge in [0.25, 0.3) is 0 Å². The zero-order valence-electron chi connectivity index (χ0n) is 13.5. The van der Waals surface area contributed by atoms with Gasteiger partial charge in [-0.3, -0.25) is 0 Å². The highest BCUT2D eigenvalue weighted by molar-refractivity contribution is 7.26. The molecule has 0 N–H and O–H groups in total. The first kappa shape index (κ1) is 15.0. The number of nitro groups is 1. The van der Waals surface area contributed by atoms with Crippen LogP contribution in [0, 0.1) is 10.1 Å². The lowest BCUT2D eigenvalue weighted by Crippen LogP contribution is -1.95. The molecule has 0 aliphatic rings. The van der Waals surface area contributed by atoms with E-state index in [9.17, 15) is 10.1 Å². The molecule has 0 aliphatic heterocycles. The minimum absolute atomic E-state index is 0.113. The van der Waals surface area contributed by atoms with E-state index in [1.54, 1.807) is 23.5 Å². The molecule has 0 saturated heterocycles. The number of aromatic nitrogens is 1. The number of pyridine rings is 1. The van der Waals surface area contributed by atoms with Crippen LogP contribution in [0.15, 0.2) is 72.9 Å². The molecule has 0 fully saturated rings. The maximum Gasteiger partial charge on any atom is 0.371 e. The number of nitrogens with zero attached hydrogens (tertiary/aromatic N) is 2. The van der Waals surface area contributed by atoms with Gasteiger partial charge in [-0.25, -0.2) is 0 Å². The first-order valence-electron chi connectivity index (χ1n) is 8.17. The standard InChI is InChI=1S/C21H12N2O2S/c24-23(25)21-15(9-5-11-22-21)17-12-19-20(14-7-2-1-6-13(14)17)16-8-3-4-10-18(16)26-19/h1-12H. The maximum absolute atomic E-state index is 11.5. The molecule has 5 heteroatoms. The monoisotopic (exact) mass is 356 g/mol. The highest BCUT2D eigenvalue weighted by Crippen LogP contribution is 2.43. The van der Waals surface area contributed by atoms with Gasteiger partial charge >= 0.3 is 5.82 Å². The normalized spacial score (nSPS) is 11.4. The van der Waals surface area contributed by atoms with Crippen molar-refractivity contribution in [1.29, 1.82) is 0 Å². The fraction of sp³-hybridized carbons (Fsp3) is 0. The Hall–Kier alpha value is -3.31. The van der Waals surface area contributed by atoms with Gasteiger partial charge in [0, 0.05) is 20.2 Å². The van der Waals surface area contributed by atoms with E-state index in [-0.39, 0.29) is 5.82 Å². The van der Waals surface area contributed by atoms with E-state index in [1.807, 2.05) is 30.3 Å². The molecule has 2 aromatic heterocycles. The van der Waals surface area contributed by atoms with E-state index < -0.39 is 4.92 Å². The zero-order chi connectivity index (χ0) is 17.7. The maximum atomic E-state index is 11.5. The van der Waals surface area contributed by atoms with Crippen LogP contribution in [0.1, 0.15) is 0 Å². The van der Waals surface area contributed by atoms with E-state index in [4.69, 9.17) is 0 Å². The van der Waals surface area contributed by atoms with Gasteiger partial charge in [0.2, 0.25) is 0 Å². The zero-order valence-corrected chi connectivity index (χ0v) is 14.4. The number of rotatable bonds is 2. The van der Waals surface area contributed by atoms with Crippen molar-refractivity contribution >= 4 is 48.1 Å². The number of hydrogen-bond acceptors (Lipinski definition) is 4. The van der Waals surface area contributed by atoms with Gasteiger partial charge < -0.3 is 10.1 Å². The summed E-state index contributed by atoms with van der Waals surface area (Å²) in [4.78, 5) is 15.1. The first-order chi connectivity index (χ1) is 12.7. The van der Waals surface area contributed by atoms with Gasteiger partial charge in [-0.2, -0.15) is 0 Å². The van der Waals surface area contributed by atoms with Crippen molar-refractivity contribution < 1.29 is 4.92 Å². The fourth-order valence-corrected chi connectivity index (χ4v) is 4.73. The summed E-state index contributed by atoms with van der Waals surface area (Å²) in [5.41, 5.74) is 1.40. The van der Waals surface area contributed by atoms with Crippen LogP contribution in [-0.4, -0.2) is 9.91 Å². The summed E-state index contributed by atoms with van der Waals surface area (Å²) in [5, 5.41) is 16.0. The molecular weight excluding hydrogens is 344 g/mol. The van der Waals surface area contributed by atoms with Gasteiger partial charge in [0.05, 0.1) is 5.56 Å². The summed E-state index contributed by atoms with van der Waals surface area (Å²) in [6.07, 6.45) is 1.46. The largest absolute Gasteiger partial charge is 0.371 e. The Kier molecular flexibility index (Phi) is 3.23. The van der Waals surface area contributed by atoms with Crippen LogP contribution in [0.4, 0.5) is 5.82 Å². The average Bonchev–Trinajstić information content (AvgIpc) is 3.06. The molecule has 5 aromatic rings. The number of hydrogen-bond donors (Lipinski definition) is 0. The van der Waals surface area contributed by atoms with Gasteiger partial charge in [0.1, 0.15) is 6.20 Å². The third-order valence-electron chi connectivity index (χ3n) is 4.63. The van der Waals surface area contributed by atoms with Crippen LogP contribution in [-0.2, 0) is 0 Å². The van der Waals surface area contributed by atoms with E-state index in [2.05, 4.69) is 29.2 Å². The van der Waals surface area contributed by atoms with Gasteiger partial charge in [-0.1, -0.05) is 42.5 Å². The Bertz CT molecular complexity index is 1320. The second-order valence-electron chi connectivity index (χ2n) is 6.07. The van der Waals surface area contributed by atoms with Gasteiger partial charge in [-0.05, 0) is 50.5 Å². The molecule has 26 heavy (non-hydrogen) atoms. The predicted molar refractivity (Wildman–Crippen MR) is 107 cm³/mol. The SMILES string of the molecule is O=[N+]([O-])c1ncccc1-c1cc2sc3ccccc3c2c2ccccc12. The number of benzene rings is 3. The summed E-state index contributed by atoms with van der Waals surface area (Å²) < 4.78 is 2.34. The lowest BCUT2D eigenvalue weighted by molar-refractivity contribution is -0.388. The van der Waals surface area contributed by atoms with Crippen molar-refractivity contribution in [1.82, 2.24) is 4.98 Å². The summed E-state index contributed by atoms with van der Waals surface area (Å²) >= 11 is 1.71. The van der Waals surface area contributed by atoms with Crippen LogP contribution in [0.3, 0.4) is 0 Å². The second-order valence-corrected chi connectivity index (χ2v) is 7.16. The van der Waals surface area contributed by atoms with Crippen LogP contribution < -0.4 is 0 Å². The third kappa shape index (κ3) is 2.11. The molecule has 2 heterocycles. The van der Waals surface area contributed by atoms with Gasteiger partial charge in [-0.15, -0.1) is 11.3 Å². The summed E-state index contributed by atoms with van der Waals surface area (Å²) in [6, 6.07) is 22.0. The molecule has 0 atom stereocenters. The third-order valence-corrected chi connectivity index (χ3v) is 5.75. The second kappa shape index (κ2) is 5.61. The molecule has 5 rings (SSSR count). The smallest absolute Gasteiger partial charge is 0.358 e. The van der Waals surface area contributed by atoms with E-state index >= 15 is 0 Å². The van der Waals surface area contributed by atoms with Crippen molar-refractivity contribution in [3.63, 3.8) is 0 Å². The summed E-state index contributed by atoms with van der Waals surface area (Å²) in [7, 11) is 0. The highest BCUT2D eigenvalue weighted by Gasteiger charge is 2.20. The van der Waals surface area contributed by atoms with Crippen molar-refractivity contribution in [2.24, 2.45) is 0 Å². The quantitative estimate of drug-likeness (QED) is 0.280. The van der Waals surface area contributed by atoms with Crippen molar-refractivity contribution in [2.75, 3.05) is 0 Å². The predicted octanol–water partition coefficient (Wildman–Crippen LogP) is 6.18. The Balaban J connectivity index is 1.98. The molecule has 0 bridgehead atoms. The average molecular weight is 356 g/mol. The Morgan fingerprint density at radius 1 is 0.808 bits per heavy atom. The topological polar surface area (TPSA) is 56.0 Å². The van der Waals surface area contributed by atoms with E-state index in [1.165, 1.54) is 21.7 Å². The molecule has 3 aromatic carbocycles. The summed E-state index contributed by atoms with van der Waals surface area (Å²) in [5.74, 6) is -0.113. The number of fused-ring (bicyclic) bond motifs is 5. The van der Waals surface area contributed by atoms with Crippen LogP contribution in [0.2, 0.25) is 0 Å². The van der Waals surface area contributed by atoms with Crippen LogP contribution in [0.25, 0.3) is 42.1 Å². The summed E-state index contributed by atoms with van der Waals surface area (Å²) in [6.45, 7) is 0. The van der Waals surface area contributed by atoms with Crippen molar-refractivity contribution in [2.45, 2.75) is 0 Å². The van der Waals surface area contributed by atoms with E-state index in [0.717, 1.165) is 21.0 Å².